The molecular weight excluding hydrogens is 250 g/mol. The fraction of sp³-hybridized carbons (Fsp3) is 0.133. The molecule has 0 saturated carbocycles. The number of carbonyl (C=O) groups excluding carboxylic acids is 1. The van der Waals surface area contributed by atoms with Gasteiger partial charge in [0.1, 0.15) is 24.0 Å². The molecule has 0 radical (unpaired) electrons. The van der Waals surface area contributed by atoms with Crippen LogP contribution in [0.1, 0.15) is 5.56 Å². The summed E-state index contributed by atoms with van der Waals surface area (Å²) in [6.07, 6.45) is -0.184. The summed E-state index contributed by atoms with van der Waals surface area (Å²) in [4.78, 5) is 11.6. The van der Waals surface area contributed by atoms with Crippen molar-refractivity contribution >= 4 is 5.78 Å². The van der Waals surface area contributed by atoms with Gasteiger partial charge < -0.3 is 4.74 Å². The second-order valence-electron chi connectivity index (χ2n) is 4.05. The minimum atomic E-state index is -0.588. The van der Waals surface area contributed by atoms with Crippen LogP contribution in [-0.4, -0.2) is 12.4 Å². The van der Waals surface area contributed by atoms with E-state index in [1.54, 1.807) is 24.3 Å². The maximum atomic E-state index is 13.3. The molecule has 0 unspecified atom stereocenters. The number of halogens is 2. The zero-order valence-electron chi connectivity index (χ0n) is 10.1. The zero-order chi connectivity index (χ0) is 13.7. The van der Waals surface area contributed by atoms with Crippen molar-refractivity contribution in [3.05, 3.63) is 65.7 Å². The number of Topliss-reactive ketones (excluding diaryl/α,β-unsaturated/α-hetero) is 1. The number of benzene rings is 2. The van der Waals surface area contributed by atoms with Crippen molar-refractivity contribution in [3.8, 4) is 5.75 Å². The van der Waals surface area contributed by atoms with Gasteiger partial charge in [0.2, 0.25) is 0 Å². The van der Waals surface area contributed by atoms with Crippen molar-refractivity contribution in [1.82, 2.24) is 0 Å². The summed E-state index contributed by atoms with van der Waals surface area (Å²) < 4.78 is 31.5. The third-order valence-electron chi connectivity index (χ3n) is 2.54. The lowest BCUT2D eigenvalue weighted by Crippen LogP contribution is -2.14. The van der Waals surface area contributed by atoms with Crippen LogP contribution in [0.15, 0.2) is 48.5 Å². The fourth-order valence-electron chi connectivity index (χ4n) is 1.62. The Morgan fingerprint density at radius 3 is 2.53 bits per heavy atom. The number of hydrogen-bond acceptors (Lipinski definition) is 2. The highest BCUT2D eigenvalue weighted by molar-refractivity contribution is 5.82. The molecule has 0 aliphatic rings. The smallest absolute Gasteiger partial charge is 0.174 e. The molecule has 4 heteroatoms. The van der Waals surface area contributed by atoms with E-state index in [2.05, 4.69) is 0 Å². The van der Waals surface area contributed by atoms with Crippen molar-refractivity contribution in [2.75, 3.05) is 6.61 Å². The van der Waals surface area contributed by atoms with E-state index in [1.807, 2.05) is 6.07 Å². The standard InChI is InChI=1S/C15H12F2O2/c16-12-6-7-15(17)11(8-12)9-13(18)10-19-14-4-2-1-3-5-14/h1-8H,9-10H2. The minimum Gasteiger partial charge on any atom is -0.486 e. The average molecular weight is 262 g/mol. The Morgan fingerprint density at radius 2 is 1.79 bits per heavy atom. The van der Waals surface area contributed by atoms with Gasteiger partial charge in [-0.25, -0.2) is 8.78 Å². The molecule has 19 heavy (non-hydrogen) atoms. The first kappa shape index (κ1) is 13.2. The quantitative estimate of drug-likeness (QED) is 0.827. The maximum Gasteiger partial charge on any atom is 0.174 e. The SMILES string of the molecule is O=C(COc1ccccc1)Cc1cc(F)ccc1F. The number of hydrogen-bond donors (Lipinski definition) is 0. The van der Waals surface area contributed by atoms with E-state index in [0.717, 1.165) is 18.2 Å². The summed E-state index contributed by atoms with van der Waals surface area (Å²) in [6.45, 7) is -0.167. The molecular formula is C15H12F2O2. The molecule has 0 aliphatic heterocycles. The average Bonchev–Trinajstić information content (AvgIpc) is 2.42. The van der Waals surface area contributed by atoms with Crippen molar-refractivity contribution in [1.29, 1.82) is 0 Å². The van der Waals surface area contributed by atoms with E-state index >= 15 is 0 Å². The van der Waals surface area contributed by atoms with Gasteiger partial charge >= 0.3 is 0 Å². The predicted molar refractivity (Wildman–Crippen MR) is 67.0 cm³/mol. The van der Waals surface area contributed by atoms with Crippen molar-refractivity contribution in [2.45, 2.75) is 6.42 Å². The van der Waals surface area contributed by atoms with Gasteiger partial charge in [-0.05, 0) is 35.9 Å². The summed E-state index contributed by atoms with van der Waals surface area (Å²) in [5.41, 5.74) is 0.0432. The predicted octanol–water partition coefficient (Wildman–Crippen LogP) is 3.16. The largest absolute Gasteiger partial charge is 0.486 e. The topological polar surface area (TPSA) is 26.3 Å². The molecule has 0 spiro atoms. The molecule has 0 aromatic heterocycles. The van der Waals surface area contributed by atoms with Crippen molar-refractivity contribution < 1.29 is 18.3 Å². The number of para-hydroxylation sites is 1. The van der Waals surface area contributed by atoms with E-state index in [-0.39, 0.29) is 24.4 Å². The summed E-state index contributed by atoms with van der Waals surface area (Å²) in [7, 11) is 0. The normalized spacial score (nSPS) is 10.2. The van der Waals surface area contributed by atoms with Crippen LogP contribution < -0.4 is 4.74 Å². The highest BCUT2D eigenvalue weighted by atomic mass is 19.1. The van der Waals surface area contributed by atoms with E-state index in [1.165, 1.54) is 0 Å². The van der Waals surface area contributed by atoms with Crippen LogP contribution in [0.5, 0.6) is 5.75 Å². The fourth-order valence-corrected chi connectivity index (χ4v) is 1.62. The van der Waals surface area contributed by atoms with Gasteiger partial charge in [0.05, 0.1) is 0 Å². The van der Waals surface area contributed by atoms with Crippen LogP contribution in [0.25, 0.3) is 0 Å². The maximum absolute atomic E-state index is 13.3. The second-order valence-corrected chi connectivity index (χ2v) is 4.05. The number of carbonyl (C=O) groups is 1. The monoisotopic (exact) mass is 262 g/mol. The van der Waals surface area contributed by atoms with Gasteiger partial charge in [-0.15, -0.1) is 0 Å². The van der Waals surface area contributed by atoms with E-state index in [4.69, 9.17) is 4.74 Å². The molecule has 0 aliphatic carbocycles. The molecule has 0 N–H and O–H groups in total. The van der Waals surface area contributed by atoms with Crippen LogP contribution >= 0.6 is 0 Å². The first-order chi connectivity index (χ1) is 9.15. The lowest BCUT2D eigenvalue weighted by atomic mass is 10.1. The highest BCUT2D eigenvalue weighted by Gasteiger charge is 2.10. The van der Waals surface area contributed by atoms with Crippen LogP contribution in [0.4, 0.5) is 8.78 Å². The first-order valence-electron chi connectivity index (χ1n) is 5.78. The third-order valence-corrected chi connectivity index (χ3v) is 2.54. The zero-order valence-corrected chi connectivity index (χ0v) is 10.1. The molecule has 0 fully saturated rings. The Morgan fingerprint density at radius 1 is 1.05 bits per heavy atom. The molecule has 2 nitrogen and oxygen atoms in total. The van der Waals surface area contributed by atoms with Crippen LogP contribution in [0.2, 0.25) is 0 Å². The highest BCUT2D eigenvalue weighted by Crippen LogP contribution is 2.12. The molecule has 0 atom stereocenters. The Bertz CT molecular complexity index is 568. The number of rotatable bonds is 5. The van der Waals surface area contributed by atoms with Crippen LogP contribution in [-0.2, 0) is 11.2 Å². The molecule has 2 aromatic carbocycles. The summed E-state index contributed by atoms with van der Waals surface area (Å²) in [6, 6.07) is 11.9. The van der Waals surface area contributed by atoms with E-state index in [9.17, 15) is 13.6 Å². The van der Waals surface area contributed by atoms with Crippen LogP contribution in [0.3, 0.4) is 0 Å². The first-order valence-corrected chi connectivity index (χ1v) is 5.78. The Balaban J connectivity index is 1.93. The number of ether oxygens (including phenoxy) is 1. The van der Waals surface area contributed by atoms with Gasteiger partial charge in [-0.2, -0.15) is 0 Å². The lowest BCUT2D eigenvalue weighted by Gasteiger charge is -2.06. The Labute approximate surface area is 109 Å². The van der Waals surface area contributed by atoms with Crippen molar-refractivity contribution in [3.63, 3.8) is 0 Å². The van der Waals surface area contributed by atoms with E-state index < -0.39 is 11.6 Å². The summed E-state index contributed by atoms with van der Waals surface area (Å²) in [5.74, 6) is -0.897. The molecule has 0 bridgehead atoms. The molecule has 0 heterocycles. The van der Waals surface area contributed by atoms with Gasteiger partial charge in [-0.1, -0.05) is 18.2 Å². The molecule has 98 valence electrons. The van der Waals surface area contributed by atoms with Gasteiger partial charge in [0.15, 0.2) is 5.78 Å². The lowest BCUT2D eigenvalue weighted by molar-refractivity contribution is -0.120. The molecule has 2 aromatic rings. The van der Waals surface area contributed by atoms with Gasteiger partial charge in [-0.3, -0.25) is 4.79 Å². The Hall–Kier alpha value is -2.23. The van der Waals surface area contributed by atoms with E-state index in [0.29, 0.717) is 5.75 Å². The minimum absolute atomic E-state index is 0.0432. The summed E-state index contributed by atoms with van der Waals surface area (Å²) in [5, 5.41) is 0. The van der Waals surface area contributed by atoms with Gasteiger partial charge in [0, 0.05) is 6.42 Å². The van der Waals surface area contributed by atoms with Crippen LogP contribution in [0, 0.1) is 11.6 Å². The molecule has 0 saturated heterocycles. The number of ketones is 1. The Kier molecular flexibility index (Phi) is 4.23. The van der Waals surface area contributed by atoms with Crippen molar-refractivity contribution in [2.24, 2.45) is 0 Å². The molecule has 0 amide bonds. The van der Waals surface area contributed by atoms with Gasteiger partial charge in [0.25, 0.3) is 0 Å². The third kappa shape index (κ3) is 3.88. The second kappa shape index (κ2) is 6.09. The molecule has 2 rings (SSSR count). The summed E-state index contributed by atoms with van der Waals surface area (Å²) >= 11 is 0.